The van der Waals surface area contributed by atoms with Gasteiger partial charge in [0.15, 0.2) is 11.2 Å². The summed E-state index contributed by atoms with van der Waals surface area (Å²) in [7, 11) is 0. The number of amides is 1. The number of benzene rings is 2. The zero-order chi connectivity index (χ0) is 24.2. The van der Waals surface area contributed by atoms with E-state index in [1.165, 1.54) is 25.1 Å². The normalized spacial score (nSPS) is 15.0. The molecule has 0 spiro atoms. The number of nitrogens with zero attached hydrogens (tertiary/aromatic N) is 1. The van der Waals surface area contributed by atoms with Crippen LogP contribution in [0, 0.1) is 0 Å². The van der Waals surface area contributed by atoms with Gasteiger partial charge >= 0.3 is 6.18 Å². The fraction of sp³-hybridized carbons (Fsp3) is 0.364. The molecule has 0 bridgehead atoms. The van der Waals surface area contributed by atoms with Crippen LogP contribution in [0.3, 0.4) is 0 Å². The number of piperidine rings is 1. The van der Waals surface area contributed by atoms with Crippen molar-refractivity contribution in [2.24, 2.45) is 0 Å². The number of halogens is 5. The molecule has 1 heterocycles. The largest absolute Gasteiger partial charge is 0.479 e. The quantitative estimate of drug-likeness (QED) is 0.455. The summed E-state index contributed by atoms with van der Waals surface area (Å²) in [5, 5.41) is 5.71. The molecule has 2 aromatic carbocycles. The predicted molar refractivity (Wildman–Crippen MR) is 128 cm³/mol. The monoisotopic (exact) mass is 519 g/mol. The van der Waals surface area contributed by atoms with Gasteiger partial charge in [0, 0.05) is 18.1 Å². The molecule has 1 fully saturated rings. The van der Waals surface area contributed by atoms with Crippen molar-refractivity contribution in [3.63, 3.8) is 0 Å². The second kappa shape index (κ2) is 10.8. The van der Waals surface area contributed by atoms with E-state index in [1.54, 1.807) is 6.07 Å². The van der Waals surface area contributed by atoms with E-state index in [9.17, 15) is 18.0 Å². The molecule has 0 saturated carbocycles. The van der Waals surface area contributed by atoms with Gasteiger partial charge in [0.25, 0.3) is 5.91 Å². The van der Waals surface area contributed by atoms with Gasteiger partial charge in [-0.2, -0.15) is 13.2 Å². The van der Waals surface area contributed by atoms with Crippen molar-refractivity contribution < 1.29 is 22.7 Å². The standard InChI is InChI=1S/C22H22Cl2F3N3O2S/c1-13(32-19-8-6-15(23)12-16(19)24)20(31)29-21(33)28-17-11-14(22(25,26)27)5-7-18(17)30-9-3-2-4-10-30/h5-8,11-13H,2-4,9-10H2,1H3,(H2,28,29,31,33). The molecule has 3 rings (SSSR count). The number of rotatable bonds is 5. The van der Waals surface area contributed by atoms with Crippen LogP contribution in [-0.2, 0) is 11.0 Å². The summed E-state index contributed by atoms with van der Waals surface area (Å²) >= 11 is 17.1. The molecule has 1 atom stereocenters. The number of hydrogen-bond donors (Lipinski definition) is 2. The minimum Gasteiger partial charge on any atom is -0.479 e. The summed E-state index contributed by atoms with van der Waals surface area (Å²) in [5.41, 5.74) is -0.0446. The van der Waals surface area contributed by atoms with E-state index in [1.807, 2.05) is 4.90 Å². The lowest BCUT2D eigenvalue weighted by Gasteiger charge is -2.31. The van der Waals surface area contributed by atoms with Crippen molar-refractivity contribution in [3.05, 3.63) is 52.0 Å². The van der Waals surface area contributed by atoms with Crippen LogP contribution in [0.5, 0.6) is 5.75 Å². The summed E-state index contributed by atoms with van der Waals surface area (Å²) in [6.45, 7) is 2.95. The zero-order valence-corrected chi connectivity index (χ0v) is 20.0. The van der Waals surface area contributed by atoms with Crippen molar-refractivity contribution in [2.45, 2.75) is 38.5 Å². The first-order valence-electron chi connectivity index (χ1n) is 10.2. The summed E-state index contributed by atoms with van der Waals surface area (Å²) in [5.74, 6) is -0.335. The van der Waals surface area contributed by atoms with Crippen LogP contribution >= 0.6 is 35.4 Å². The number of thiocarbonyl (C=S) groups is 1. The highest BCUT2D eigenvalue weighted by Gasteiger charge is 2.32. The van der Waals surface area contributed by atoms with E-state index in [-0.39, 0.29) is 21.6 Å². The molecule has 1 amide bonds. The topological polar surface area (TPSA) is 53.6 Å². The minimum absolute atomic E-state index is 0.143. The van der Waals surface area contributed by atoms with E-state index in [0.717, 1.165) is 44.5 Å². The molecular weight excluding hydrogens is 498 g/mol. The number of alkyl halides is 3. The Labute approximate surface area is 205 Å². The second-order valence-electron chi connectivity index (χ2n) is 7.56. The molecule has 0 aromatic heterocycles. The molecule has 5 nitrogen and oxygen atoms in total. The maximum Gasteiger partial charge on any atom is 0.416 e. The molecule has 1 aliphatic heterocycles. The van der Waals surface area contributed by atoms with Crippen LogP contribution in [-0.4, -0.2) is 30.2 Å². The summed E-state index contributed by atoms with van der Waals surface area (Å²) < 4.78 is 45.4. The highest BCUT2D eigenvalue weighted by molar-refractivity contribution is 7.80. The van der Waals surface area contributed by atoms with Gasteiger partial charge in [-0.15, -0.1) is 0 Å². The van der Waals surface area contributed by atoms with Gasteiger partial charge < -0.3 is 15.0 Å². The fourth-order valence-electron chi connectivity index (χ4n) is 3.40. The third-order valence-electron chi connectivity index (χ3n) is 5.07. The van der Waals surface area contributed by atoms with Crippen molar-refractivity contribution in [3.8, 4) is 5.75 Å². The third kappa shape index (κ3) is 6.88. The predicted octanol–water partition coefficient (Wildman–Crippen LogP) is 6.28. The summed E-state index contributed by atoms with van der Waals surface area (Å²) in [6.07, 6.45) is -2.52. The number of anilines is 2. The van der Waals surface area contributed by atoms with Crippen LogP contribution < -0.4 is 20.3 Å². The van der Waals surface area contributed by atoms with Gasteiger partial charge in [0.05, 0.1) is 22.0 Å². The lowest BCUT2D eigenvalue weighted by atomic mass is 10.1. The lowest BCUT2D eigenvalue weighted by Crippen LogP contribution is -2.42. The van der Waals surface area contributed by atoms with Crippen LogP contribution in [0.2, 0.25) is 10.0 Å². The molecule has 2 N–H and O–H groups in total. The summed E-state index contributed by atoms with van der Waals surface area (Å²) in [4.78, 5) is 14.5. The maximum atomic E-state index is 13.3. The average Bonchev–Trinajstić information content (AvgIpc) is 2.75. The molecule has 0 radical (unpaired) electrons. The molecule has 178 valence electrons. The van der Waals surface area contributed by atoms with Crippen molar-refractivity contribution >= 4 is 57.8 Å². The average molecular weight is 520 g/mol. The Hall–Kier alpha value is -2.23. The van der Waals surface area contributed by atoms with Gasteiger partial charge in [0.1, 0.15) is 5.75 Å². The minimum atomic E-state index is -4.51. The summed E-state index contributed by atoms with van der Waals surface area (Å²) in [6, 6.07) is 8.03. The molecule has 11 heteroatoms. The first-order chi connectivity index (χ1) is 15.5. The van der Waals surface area contributed by atoms with Crippen LogP contribution in [0.1, 0.15) is 31.7 Å². The second-order valence-corrected chi connectivity index (χ2v) is 8.81. The van der Waals surface area contributed by atoms with Gasteiger partial charge in [-0.1, -0.05) is 23.2 Å². The van der Waals surface area contributed by atoms with E-state index < -0.39 is 23.8 Å². The maximum absolute atomic E-state index is 13.3. The molecule has 1 saturated heterocycles. The Bertz CT molecular complexity index is 1030. The first-order valence-corrected chi connectivity index (χ1v) is 11.4. The van der Waals surface area contributed by atoms with E-state index in [4.69, 9.17) is 40.2 Å². The number of carbonyl (C=O) groups excluding carboxylic acids is 1. The number of carbonyl (C=O) groups is 1. The Morgan fingerprint density at radius 1 is 1.12 bits per heavy atom. The van der Waals surface area contributed by atoms with E-state index in [0.29, 0.717) is 10.7 Å². The fourth-order valence-corrected chi connectivity index (χ4v) is 4.07. The van der Waals surface area contributed by atoms with Crippen LogP contribution in [0.25, 0.3) is 0 Å². The van der Waals surface area contributed by atoms with E-state index >= 15 is 0 Å². The van der Waals surface area contributed by atoms with Crippen molar-refractivity contribution in [1.82, 2.24) is 5.32 Å². The molecule has 1 unspecified atom stereocenters. The molecule has 0 aliphatic carbocycles. The highest BCUT2D eigenvalue weighted by atomic mass is 35.5. The number of ether oxygens (including phenoxy) is 1. The SMILES string of the molecule is CC(Oc1ccc(Cl)cc1Cl)C(=O)NC(=S)Nc1cc(C(F)(F)F)ccc1N1CCCCC1. The number of hydrogen-bond acceptors (Lipinski definition) is 4. The van der Waals surface area contributed by atoms with Crippen LogP contribution in [0.15, 0.2) is 36.4 Å². The smallest absolute Gasteiger partial charge is 0.416 e. The Balaban J connectivity index is 1.71. The molecule has 2 aromatic rings. The molecular formula is C22H22Cl2F3N3O2S. The highest BCUT2D eigenvalue weighted by Crippen LogP contribution is 2.36. The van der Waals surface area contributed by atoms with E-state index in [2.05, 4.69) is 10.6 Å². The Morgan fingerprint density at radius 3 is 2.45 bits per heavy atom. The van der Waals surface area contributed by atoms with Gasteiger partial charge in [0.2, 0.25) is 0 Å². The van der Waals surface area contributed by atoms with Gasteiger partial charge in [-0.25, -0.2) is 0 Å². The first kappa shape index (κ1) is 25.4. The van der Waals surface area contributed by atoms with Crippen LogP contribution in [0.4, 0.5) is 24.5 Å². The van der Waals surface area contributed by atoms with Crippen molar-refractivity contribution in [2.75, 3.05) is 23.3 Å². The number of nitrogens with one attached hydrogen (secondary N) is 2. The lowest BCUT2D eigenvalue weighted by molar-refractivity contribution is -0.137. The third-order valence-corrected chi connectivity index (χ3v) is 5.81. The molecule has 33 heavy (non-hydrogen) atoms. The zero-order valence-electron chi connectivity index (χ0n) is 17.6. The molecule has 1 aliphatic rings. The van der Waals surface area contributed by atoms with Gasteiger partial charge in [-0.05, 0) is 74.8 Å². The Morgan fingerprint density at radius 2 is 1.82 bits per heavy atom. The Kier molecular flexibility index (Phi) is 8.31. The van der Waals surface area contributed by atoms with Crippen molar-refractivity contribution in [1.29, 1.82) is 0 Å². The van der Waals surface area contributed by atoms with Gasteiger partial charge in [-0.3, -0.25) is 10.1 Å².